The van der Waals surface area contributed by atoms with Gasteiger partial charge in [-0.3, -0.25) is 0 Å². The lowest BCUT2D eigenvalue weighted by atomic mass is 9.82. The van der Waals surface area contributed by atoms with Gasteiger partial charge < -0.3 is 9.30 Å². The first-order valence-corrected chi connectivity index (χ1v) is 8.00. The van der Waals surface area contributed by atoms with Crippen molar-refractivity contribution in [2.24, 2.45) is 11.3 Å². The predicted molar refractivity (Wildman–Crippen MR) is 89.3 cm³/mol. The van der Waals surface area contributed by atoms with E-state index < -0.39 is 0 Å². The molecule has 0 radical (unpaired) electrons. The fraction of sp³-hybridized carbons (Fsp3) is 0.588. The Morgan fingerprint density at radius 3 is 2.62 bits per heavy atom. The van der Waals surface area contributed by atoms with Crippen LogP contribution in [0.5, 0.6) is 5.75 Å². The lowest BCUT2D eigenvalue weighted by Crippen LogP contribution is -2.23. The molecule has 0 aliphatic carbocycles. The number of halogens is 1. The van der Waals surface area contributed by atoms with Crippen LogP contribution < -0.4 is 4.74 Å². The number of fused-ring (bicyclic) bond motifs is 1. The van der Waals surface area contributed by atoms with Gasteiger partial charge in [0.05, 0.1) is 12.6 Å². The third-order valence-corrected chi connectivity index (χ3v) is 4.48. The average Bonchev–Trinajstić information content (AvgIpc) is 2.76. The molecule has 0 N–H and O–H groups in total. The quantitative estimate of drug-likeness (QED) is 0.760. The lowest BCUT2D eigenvalue weighted by molar-refractivity contribution is 0.233. The molecule has 2 rings (SSSR count). The maximum Gasteiger partial charge on any atom is 0.146 e. The molecule has 1 heterocycles. The summed E-state index contributed by atoms with van der Waals surface area (Å²) in [5, 5.41) is 0. The molecule has 0 saturated carbocycles. The molecule has 2 aromatic rings. The Bertz CT molecular complexity index is 613. The van der Waals surface area contributed by atoms with Crippen LogP contribution >= 0.6 is 11.6 Å². The third kappa shape index (κ3) is 3.34. The van der Waals surface area contributed by atoms with E-state index in [1.165, 1.54) is 0 Å². The van der Waals surface area contributed by atoms with Crippen molar-refractivity contribution in [3.8, 4) is 5.75 Å². The molecule has 0 spiro atoms. The van der Waals surface area contributed by atoms with Crippen LogP contribution in [0.25, 0.3) is 11.0 Å². The molecule has 4 heteroatoms. The maximum absolute atomic E-state index is 5.95. The number of nitrogens with zero attached hydrogens (tertiary/aromatic N) is 2. The Labute approximate surface area is 132 Å². The third-order valence-electron chi connectivity index (χ3n) is 4.29. The second kappa shape index (κ2) is 6.27. The van der Waals surface area contributed by atoms with Crippen molar-refractivity contribution in [3.63, 3.8) is 0 Å². The molecule has 1 aromatic heterocycles. The van der Waals surface area contributed by atoms with E-state index in [-0.39, 0.29) is 5.41 Å². The van der Waals surface area contributed by atoms with E-state index >= 15 is 0 Å². The van der Waals surface area contributed by atoms with Crippen LogP contribution in [-0.2, 0) is 13.0 Å². The molecule has 1 unspecified atom stereocenters. The van der Waals surface area contributed by atoms with E-state index in [0.29, 0.717) is 11.8 Å². The summed E-state index contributed by atoms with van der Waals surface area (Å²) in [6.45, 7) is 10.1. The number of alkyl halides is 1. The molecular formula is C17H25ClN2O. The highest BCUT2D eigenvalue weighted by Gasteiger charge is 2.23. The summed E-state index contributed by atoms with van der Waals surface area (Å²) >= 11 is 5.95. The number of benzene rings is 1. The largest absolute Gasteiger partial charge is 0.494 e. The van der Waals surface area contributed by atoms with E-state index in [4.69, 9.17) is 21.3 Å². The van der Waals surface area contributed by atoms with Gasteiger partial charge in [-0.2, -0.15) is 0 Å². The Balaban J connectivity index is 2.51. The van der Waals surface area contributed by atoms with Gasteiger partial charge in [0.25, 0.3) is 0 Å². The Kier molecular flexibility index (Phi) is 4.82. The van der Waals surface area contributed by atoms with Gasteiger partial charge in [0.1, 0.15) is 17.1 Å². The number of hydrogen-bond acceptors (Lipinski definition) is 2. The number of imidazole rings is 1. The predicted octanol–water partition coefficient (Wildman–Crippen LogP) is 4.51. The minimum Gasteiger partial charge on any atom is -0.494 e. The first kappa shape index (κ1) is 16.2. The monoisotopic (exact) mass is 308 g/mol. The zero-order valence-electron chi connectivity index (χ0n) is 13.6. The van der Waals surface area contributed by atoms with Crippen molar-refractivity contribution in [2.75, 3.05) is 13.0 Å². The van der Waals surface area contributed by atoms with Gasteiger partial charge in [-0.05, 0) is 23.5 Å². The molecule has 1 atom stereocenters. The summed E-state index contributed by atoms with van der Waals surface area (Å²) in [5.41, 5.74) is 2.32. The number of rotatable bonds is 5. The van der Waals surface area contributed by atoms with Gasteiger partial charge in [0.2, 0.25) is 0 Å². The highest BCUT2D eigenvalue weighted by Crippen LogP contribution is 2.31. The smallest absolute Gasteiger partial charge is 0.146 e. The number of hydrogen-bond donors (Lipinski definition) is 0. The number of para-hydroxylation sites is 1. The van der Waals surface area contributed by atoms with Gasteiger partial charge in [-0.25, -0.2) is 4.98 Å². The second-order valence-corrected chi connectivity index (χ2v) is 7.05. The van der Waals surface area contributed by atoms with Crippen molar-refractivity contribution < 1.29 is 4.74 Å². The second-order valence-electron chi connectivity index (χ2n) is 6.67. The molecular weight excluding hydrogens is 284 g/mol. The highest BCUT2D eigenvalue weighted by atomic mass is 35.5. The van der Waals surface area contributed by atoms with E-state index in [9.17, 15) is 0 Å². The lowest BCUT2D eigenvalue weighted by Gasteiger charge is -2.28. The van der Waals surface area contributed by atoms with Crippen LogP contribution in [-0.4, -0.2) is 22.5 Å². The molecule has 0 aliphatic rings. The summed E-state index contributed by atoms with van der Waals surface area (Å²) in [7, 11) is 1.69. The zero-order chi connectivity index (χ0) is 15.6. The minimum atomic E-state index is 0.258. The van der Waals surface area contributed by atoms with Gasteiger partial charge in [-0.15, -0.1) is 11.6 Å². The van der Waals surface area contributed by atoms with Crippen LogP contribution in [0.15, 0.2) is 18.2 Å². The van der Waals surface area contributed by atoms with Gasteiger partial charge >= 0.3 is 0 Å². The van der Waals surface area contributed by atoms with Crippen LogP contribution in [0.1, 0.15) is 33.5 Å². The normalized spacial score (nSPS) is 13.6. The molecule has 3 nitrogen and oxygen atoms in total. The van der Waals surface area contributed by atoms with E-state index in [0.717, 1.165) is 35.6 Å². The van der Waals surface area contributed by atoms with Gasteiger partial charge in [0.15, 0.2) is 0 Å². The first-order valence-electron chi connectivity index (χ1n) is 7.46. The number of methoxy groups -OCH3 is 1. The molecule has 0 amide bonds. The number of ether oxygens (including phenoxy) is 1. The molecule has 21 heavy (non-hydrogen) atoms. The Hall–Kier alpha value is -1.22. The summed E-state index contributed by atoms with van der Waals surface area (Å²) in [6, 6.07) is 6.08. The summed E-state index contributed by atoms with van der Waals surface area (Å²) in [6.07, 6.45) is 0.774. The van der Waals surface area contributed by atoms with E-state index in [2.05, 4.69) is 38.3 Å². The summed E-state index contributed by atoms with van der Waals surface area (Å²) in [4.78, 5) is 4.76. The number of aryl methyl sites for hydroxylation is 1. The van der Waals surface area contributed by atoms with Crippen LogP contribution in [0.3, 0.4) is 0 Å². The summed E-state index contributed by atoms with van der Waals surface area (Å²) < 4.78 is 7.74. The van der Waals surface area contributed by atoms with Crippen LogP contribution in [0.2, 0.25) is 0 Å². The molecule has 1 aromatic carbocycles. The van der Waals surface area contributed by atoms with Gasteiger partial charge in [0, 0.05) is 18.8 Å². The number of aromatic nitrogens is 2. The Morgan fingerprint density at radius 1 is 1.33 bits per heavy atom. The topological polar surface area (TPSA) is 27.1 Å². The van der Waals surface area contributed by atoms with Crippen molar-refractivity contribution in [1.82, 2.24) is 9.55 Å². The van der Waals surface area contributed by atoms with E-state index in [1.54, 1.807) is 7.11 Å². The Morgan fingerprint density at radius 2 is 2.05 bits per heavy atom. The average molecular weight is 309 g/mol. The van der Waals surface area contributed by atoms with Crippen LogP contribution in [0.4, 0.5) is 0 Å². The molecule has 0 fully saturated rings. The molecule has 0 aliphatic heterocycles. The standard InChI is InChI=1S/C17H25ClN2O/c1-12(17(2,3)4)11-20-13-7-6-8-14(21-5)16(13)19-15(20)9-10-18/h6-8,12H,9-11H2,1-5H3. The van der Waals surface area contributed by atoms with E-state index in [1.807, 2.05) is 12.1 Å². The van der Waals surface area contributed by atoms with Crippen LogP contribution in [0, 0.1) is 11.3 Å². The maximum atomic E-state index is 5.95. The fourth-order valence-electron chi connectivity index (χ4n) is 2.36. The molecule has 116 valence electrons. The minimum absolute atomic E-state index is 0.258. The molecule has 0 saturated heterocycles. The fourth-order valence-corrected chi connectivity index (χ4v) is 2.53. The van der Waals surface area contributed by atoms with Crippen molar-refractivity contribution in [2.45, 2.75) is 40.7 Å². The van der Waals surface area contributed by atoms with Crippen molar-refractivity contribution in [3.05, 3.63) is 24.0 Å². The SMILES string of the molecule is COc1cccc2c1nc(CCCl)n2CC(C)C(C)(C)C. The van der Waals surface area contributed by atoms with Gasteiger partial charge in [-0.1, -0.05) is 33.8 Å². The highest BCUT2D eigenvalue weighted by molar-refractivity contribution is 6.17. The van der Waals surface area contributed by atoms with Crippen molar-refractivity contribution >= 4 is 22.6 Å². The first-order chi connectivity index (χ1) is 9.88. The molecule has 0 bridgehead atoms. The summed E-state index contributed by atoms with van der Waals surface area (Å²) in [5.74, 6) is 2.98. The zero-order valence-corrected chi connectivity index (χ0v) is 14.4. The van der Waals surface area contributed by atoms with Crippen molar-refractivity contribution in [1.29, 1.82) is 0 Å².